The predicted molar refractivity (Wildman–Crippen MR) is 307 cm³/mol. The van der Waals surface area contributed by atoms with Gasteiger partial charge in [0, 0.05) is 19.3 Å². The minimum atomic E-state index is -0.805. The number of unbranched alkanes of at least 4 members (excludes halogenated alkanes) is 32. The molecule has 0 fully saturated rings. The number of hydrogen-bond acceptors (Lipinski definition) is 6. The van der Waals surface area contributed by atoms with Gasteiger partial charge < -0.3 is 14.2 Å². The van der Waals surface area contributed by atoms with Crippen molar-refractivity contribution in [2.45, 2.75) is 309 Å². The second-order valence-electron chi connectivity index (χ2n) is 20.2. The van der Waals surface area contributed by atoms with Crippen LogP contribution in [0, 0.1) is 0 Å². The van der Waals surface area contributed by atoms with Crippen LogP contribution in [0.15, 0.2) is 72.9 Å². The summed E-state index contributed by atoms with van der Waals surface area (Å²) in [6.45, 7) is 6.51. The van der Waals surface area contributed by atoms with Crippen molar-refractivity contribution in [1.82, 2.24) is 0 Å². The second kappa shape index (κ2) is 59.4. The Morgan fingerprint density at radius 2 is 0.563 bits per heavy atom. The molecular weight excluding hydrogens is 877 g/mol. The smallest absolute Gasteiger partial charge is 0.306 e. The van der Waals surface area contributed by atoms with Gasteiger partial charge in [0.05, 0.1) is 0 Å². The van der Waals surface area contributed by atoms with E-state index >= 15 is 0 Å². The first-order valence-electron chi connectivity index (χ1n) is 30.4. The van der Waals surface area contributed by atoms with Crippen LogP contribution in [0.1, 0.15) is 303 Å². The summed E-state index contributed by atoms with van der Waals surface area (Å²) in [5.41, 5.74) is 0. The number of allylic oxidation sites excluding steroid dienone is 12. The Hall–Kier alpha value is -3.15. The molecule has 0 aliphatic heterocycles. The highest BCUT2D eigenvalue weighted by Gasteiger charge is 2.19. The Morgan fingerprint density at radius 3 is 0.915 bits per heavy atom. The third-order valence-corrected chi connectivity index (χ3v) is 13.2. The van der Waals surface area contributed by atoms with Crippen LogP contribution >= 0.6 is 0 Å². The van der Waals surface area contributed by atoms with Crippen molar-refractivity contribution in [2.75, 3.05) is 13.2 Å². The van der Waals surface area contributed by atoms with Crippen LogP contribution in [-0.4, -0.2) is 37.2 Å². The SMILES string of the molecule is CC/C=C\C/C=C\C/C=C\C/C=C\C/C=C\CCCC(=O)OC(COC(=O)CCCCCCCCCCC/C=C\CCCCCCCCCC)COC(=O)CCCCCCCCCCCCCCCCC. The van der Waals surface area contributed by atoms with E-state index in [0.717, 1.165) is 77.0 Å². The zero-order valence-electron chi connectivity index (χ0n) is 47.0. The molecule has 1 atom stereocenters. The number of ether oxygens (including phenoxy) is 3. The normalized spacial score (nSPS) is 12.5. The zero-order valence-corrected chi connectivity index (χ0v) is 47.0. The molecule has 0 aromatic heterocycles. The molecule has 0 heterocycles. The van der Waals surface area contributed by atoms with Crippen LogP contribution in [0.5, 0.6) is 0 Å². The van der Waals surface area contributed by atoms with Crippen LogP contribution in [0.4, 0.5) is 0 Å². The standard InChI is InChI=1S/C65H114O6/c1-4-7-10-13-16-19-22-25-28-30-31-32-33-35-37-40-43-46-49-52-55-58-64(67)70-61-62(60-69-63(66)57-54-51-48-45-42-39-36-27-24-21-18-15-12-9-6-3)71-65(68)59-56-53-50-47-44-41-38-34-29-26-23-20-17-14-11-8-5-2/h8,11,17,20,26,29-31,38,41,47,50,62H,4-7,9-10,12-16,18-19,21-25,27-28,32-37,39-40,42-46,48-49,51-61H2,1-3H3/b11-8-,20-17-,29-26-,31-30-,41-38-,50-47-. The average Bonchev–Trinajstić information content (AvgIpc) is 3.37. The molecule has 0 saturated carbocycles. The van der Waals surface area contributed by atoms with E-state index in [2.05, 4.69) is 93.7 Å². The fourth-order valence-electron chi connectivity index (χ4n) is 8.65. The Kier molecular flexibility index (Phi) is 56.8. The topological polar surface area (TPSA) is 78.9 Å². The summed E-state index contributed by atoms with van der Waals surface area (Å²) < 4.78 is 16.9. The summed E-state index contributed by atoms with van der Waals surface area (Å²) in [4.78, 5) is 38.2. The summed E-state index contributed by atoms with van der Waals surface area (Å²) in [5.74, 6) is -0.944. The molecule has 410 valence electrons. The van der Waals surface area contributed by atoms with Gasteiger partial charge in [-0.25, -0.2) is 0 Å². The highest BCUT2D eigenvalue weighted by Crippen LogP contribution is 2.16. The minimum Gasteiger partial charge on any atom is -0.462 e. The molecule has 0 N–H and O–H groups in total. The lowest BCUT2D eigenvalue weighted by atomic mass is 10.0. The van der Waals surface area contributed by atoms with Gasteiger partial charge in [-0.05, 0) is 83.5 Å². The van der Waals surface area contributed by atoms with Crippen molar-refractivity contribution < 1.29 is 28.6 Å². The first-order valence-corrected chi connectivity index (χ1v) is 30.4. The van der Waals surface area contributed by atoms with Gasteiger partial charge >= 0.3 is 17.9 Å². The maximum absolute atomic E-state index is 12.9. The summed E-state index contributed by atoms with van der Waals surface area (Å²) in [7, 11) is 0. The third kappa shape index (κ3) is 57.6. The van der Waals surface area contributed by atoms with E-state index in [4.69, 9.17) is 14.2 Å². The molecule has 1 unspecified atom stereocenters. The molecule has 0 saturated heterocycles. The van der Waals surface area contributed by atoms with Crippen LogP contribution in [0.25, 0.3) is 0 Å². The fraction of sp³-hybridized carbons (Fsp3) is 0.769. The van der Waals surface area contributed by atoms with Gasteiger partial charge in [-0.2, -0.15) is 0 Å². The molecule has 6 nitrogen and oxygen atoms in total. The van der Waals surface area contributed by atoms with E-state index in [0.29, 0.717) is 19.3 Å². The van der Waals surface area contributed by atoms with Crippen molar-refractivity contribution in [3.63, 3.8) is 0 Å². The molecule has 0 aromatic carbocycles. The van der Waals surface area contributed by atoms with E-state index < -0.39 is 6.10 Å². The highest BCUT2D eigenvalue weighted by atomic mass is 16.6. The molecule has 0 rings (SSSR count). The van der Waals surface area contributed by atoms with E-state index in [1.807, 2.05) is 0 Å². The summed E-state index contributed by atoms with van der Waals surface area (Å²) in [5, 5.41) is 0. The Bertz CT molecular complexity index is 1320. The lowest BCUT2D eigenvalue weighted by Gasteiger charge is -2.18. The molecule has 71 heavy (non-hydrogen) atoms. The second-order valence-corrected chi connectivity index (χ2v) is 20.2. The molecule has 0 spiro atoms. The van der Waals surface area contributed by atoms with Crippen molar-refractivity contribution in [2.24, 2.45) is 0 Å². The molecule has 0 aliphatic carbocycles. The molecule has 0 radical (unpaired) electrons. The van der Waals surface area contributed by atoms with Crippen LogP contribution in [0.2, 0.25) is 0 Å². The molecule has 0 aliphatic rings. The molecule has 0 amide bonds. The van der Waals surface area contributed by atoms with Crippen LogP contribution < -0.4 is 0 Å². The first-order chi connectivity index (χ1) is 35.0. The fourth-order valence-corrected chi connectivity index (χ4v) is 8.65. The number of hydrogen-bond donors (Lipinski definition) is 0. The monoisotopic (exact) mass is 991 g/mol. The Morgan fingerprint density at radius 1 is 0.296 bits per heavy atom. The van der Waals surface area contributed by atoms with Crippen molar-refractivity contribution in [3.8, 4) is 0 Å². The van der Waals surface area contributed by atoms with Crippen LogP contribution in [-0.2, 0) is 28.6 Å². The Balaban J connectivity index is 4.41. The molecule has 0 bridgehead atoms. The molecular formula is C65H114O6. The van der Waals surface area contributed by atoms with Crippen LogP contribution in [0.3, 0.4) is 0 Å². The lowest BCUT2D eigenvalue weighted by Crippen LogP contribution is -2.30. The van der Waals surface area contributed by atoms with Gasteiger partial charge in [0.25, 0.3) is 0 Å². The minimum absolute atomic E-state index is 0.0958. The van der Waals surface area contributed by atoms with Crippen molar-refractivity contribution in [1.29, 1.82) is 0 Å². The third-order valence-electron chi connectivity index (χ3n) is 13.2. The quantitative estimate of drug-likeness (QED) is 0.0261. The Labute approximate surface area is 440 Å². The van der Waals surface area contributed by atoms with E-state index in [9.17, 15) is 14.4 Å². The number of carbonyl (C=O) groups excluding carboxylic acids is 3. The van der Waals surface area contributed by atoms with Gasteiger partial charge in [0.1, 0.15) is 13.2 Å². The summed E-state index contributed by atoms with van der Waals surface area (Å²) in [6, 6.07) is 0. The van der Waals surface area contributed by atoms with Crippen molar-refractivity contribution >= 4 is 17.9 Å². The van der Waals surface area contributed by atoms with E-state index in [1.165, 1.54) is 180 Å². The van der Waals surface area contributed by atoms with Gasteiger partial charge in [-0.15, -0.1) is 0 Å². The average molecular weight is 992 g/mol. The van der Waals surface area contributed by atoms with E-state index in [-0.39, 0.29) is 37.5 Å². The van der Waals surface area contributed by atoms with E-state index in [1.54, 1.807) is 0 Å². The summed E-state index contributed by atoms with van der Waals surface area (Å²) in [6.07, 6.45) is 76.2. The highest BCUT2D eigenvalue weighted by molar-refractivity contribution is 5.71. The number of esters is 3. The largest absolute Gasteiger partial charge is 0.462 e. The van der Waals surface area contributed by atoms with Gasteiger partial charge in [0.15, 0.2) is 6.10 Å². The maximum atomic E-state index is 12.9. The van der Waals surface area contributed by atoms with Gasteiger partial charge in [0.2, 0.25) is 0 Å². The molecule has 0 aromatic rings. The summed E-state index contributed by atoms with van der Waals surface area (Å²) >= 11 is 0. The first kappa shape index (κ1) is 67.8. The number of carbonyl (C=O) groups is 3. The van der Waals surface area contributed by atoms with Gasteiger partial charge in [-0.1, -0.05) is 273 Å². The van der Waals surface area contributed by atoms with Crippen molar-refractivity contribution in [3.05, 3.63) is 72.9 Å². The molecule has 6 heteroatoms. The number of rotatable bonds is 55. The lowest BCUT2D eigenvalue weighted by molar-refractivity contribution is -0.167. The predicted octanol–water partition coefficient (Wildman–Crippen LogP) is 20.5. The maximum Gasteiger partial charge on any atom is 0.306 e. The zero-order chi connectivity index (χ0) is 51.4. The van der Waals surface area contributed by atoms with Gasteiger partial charge in [-0.3, -0.25) is 14.4 Å².